The number of ether oxygens (including phenoxy) is 3. The van der Waals surface area contributed by atoms with Gasteiger partial charge in [0.2, 0.25) is 0 Å². The van der Waals surface area contributed by atoms with Crippen LogP contribution in [0, 0.1) is 5.92 Å². The summed E-state index contributed by atoms with van der Waals surface area (Å²) < 4.78 is 19.1. The topological polar surface area (TPSA) is 65.8 Å². The summed E-state index contributed by atoms with van der Waals surface area (Å²) in [6, 6.07) is 23.6. The van der Waals surface area contributed by atoms with Crippen molar-refractivity contribution in [1.29, 1.82) is 0 Å². The summed E-state index contributed by atoms with van der Waals surface area (Å²) in [6.07, 6.45) is 5.47. The number of aromatic nitrogens is 2. The van der Waals surface area contributed by atoms with Crippen molar-refractivity contribution in [2.75, 3.05) is 27.4 Å². The molecule has 1 amide bonds. The molecule has 0 atom stereocenters. The Bertz CT molecular complexity index is 1610. The molecule has 4 aromatic rings. The van der Waals surface area contributed by atoms with Gasteiger partial charge in [0.25, 0.3) is 5.91 Å². The molecule has 0 bridgehead atoms. The fourth-order valence-electron chi connectivity index (χ4n) is 4.66. The summed E-state index contributed by atoms with van der Waals surface area (Å²) in [7, 11) is 3.22. The number of carbonyl (C=O) groups excluding carboxylic acids is 1. The van der Waals surface area contributed by atoms with E-state index in [2.05, 4.69) is 13.8 Å². The minimum absolute atomic E-state index is 0.109. The molecule has 0 unspecified atom stereocenters. The van der Waals surface area contributed by atoms with Gasteiger partial charge in [-0.1, -0.05) is 62.1 Å². The monoisotopic (exact) mass is 613 g/mol. The van der Waals surface area contributed by atoms with Crippen molar-refractivity contribution in [2.24, 2.45) is 5.92 Å². The lowest BCUT2D eigenvalue weighted by Crippen LogP contribution is -2.30. The van der Waals surface area contributed by atoms with Crippen LogP contribution in [0.1, 0.15) is 31.4 Å². The second-order valence-corrected chi connectivity index (χ2v) is 12.2. The standard InChI is InChI=1S/C34H35N3O4S2/c1-23(2)17-19-41-28-13-11-25(12-14-28)32-26(22-37(35-32)27-8-6-5-7-9-27)21-31-33(38)36(34(42)43-31)18-16-24-10-15-29(39-3)30(20-24)40-4/h5-15,20-23H,16-19H2,1-4H3/b31-21-. The van der Waals surface area contributed by atoms with Gasteiger partial charge in [-0.2, -0.15) is 5.10 Å². The van der Waals surface area contributed by atoms with Crippen molar-refractivity contribution in [3.8, 4) is 34.2 Å². The second-order valence-electron chi connectivity index (χ2n) is 10.5. The Morgan fingerprint density at radius 3 is 2.42 bits per heavy atom. The number of thioether (sulfide) groups is 1. The number of amides is 1. The van der Waals surface area contributed by atoms with Crippen molar-refractivity contribution >= 4 is 40.3 Å². The summed E-state index contributed by atoms with van der Waals surface area (Å²) in [4.78, 5) is 15.8. The van der Waals surface area contributed by atoms with Crippen LogP contribution in [-0.4, -0.2) is 52.3 Å². The first-order chi connectivity index (χ1) is 20.9. The highest BCUT2D eigenvalue weighted by molar-refractivity contribution is 8.26. The van der Waals surface area contributed by atoms with Gasteiger partial charge < -0.3 is 14.2 Å². The van der Waals surface area contributed by atoms with E-state index in [-0.39, 0.29) is 5.91 Å². The maximum atomic E-state index is 13.5. The Balaban J connectivity index is 1.39. The van der Waals surface area contributed by atoms with Gasteiger partial charge in [0.1, 0.15) is 10.1 Å². The lowest BCUT2D eigenvalue weighted by molar-refractivity contribution is -0.122. The first-order valence-electron chi connectivity index (χ1n) is 14.2. The lowest BCUT2D eigenvalue weighted by atomic mass is 10.1. The molecule has 2 heterocycles. The molecule has 1 aliphatic rings. The molecule has 0 radical (unpaired) electrons. The third-order valence-electron chi connectivity index (χ3n) is 7.09. The van der Waals surface area contributed by atoms with Crippen molar-refractivity contribution in [1.82, 2.24) is 14.7 Å². The lowest BCUT2D eigenvalue weighted by Gasteiger charge is -2.15. The molecule has 3 aromatic carbocycles. The number of rotatable bonds is 12. The van der Waals surface area contributed by atoms with Gasteiger partial charge in [0.05, 0.1) is 37.1 Å². The van der Waals surface area contributed by atoms with Crippen molar-refractivity contribution in [3.05, 3.63) is 95.0 Å². The molecular weight excluding hydrogens is 579 g/mol. The summed E-state index contributed by atoms with van der Waals surface area (Å²) in [6.45, 7) is 5.51. The van der Waals surface area contributed by atoms with Gasteiger partial charge in [-0.05, 0) is 78.9 Å². The second kappa shape index (κ2) is 13.9. The number of hydrogen-bond acceptors (Lipinski definition) is 7. The highest BCUT2D eigenvalue weighted by Crippen LogP contribution is 2.36. The molecule has 0 saturated carbocycles. The largest absolute Gasteiger partial charge is 0.494 e. The number of carbonyl (C=O) groups is 1. The van der Waals surface area contributed by atoms with Crippen LogP contribution in [0.25, 0.3) is 23.0 Å². The molecule has 1 aromatic heterocycles. The van der Waals surface area contributed by atoms with E-state index < -0.39 is 0 Å². The molecule has 1 aliphatic heterocycles. The molecule has 1 saturated heterocycles. The zero-order valence-electron chi connectivity index (χ0n) is 24.8. The molecular formula is C34H35N3O4S2. The SMILES string of the molecule is COc1ccc(CCN2C(=O)/C(=C/c3cn(-c4ccccc4)nc3-c3ccc(OCCC(C)C)cc3)SC2=S)cc1OC. The van der Waals surface area contributed by atoms with Gasteiger partial charge in [-0.3, -0.25) is 9.69 Å². The summed E-state index contributed by atoms with van der Waals surface area (Å²) in [5.74, 6) is 2.62. The molecule has 9 heteroatoms. The van der Waals surface area contributed by atoms with Crippen LogP contribution in [0.2, 0.25) is 0 Å². The molecule has 0 N–H and O–H groups in total. The van der Waals surface area contributed by atoms with Crippen LogP contribution >= 0.6 is 24.0 Å². The fourth-order valence-corrected chi connectivity index (χ4v) is 5.96. The Hall–Kier alpha value is -4.08. The van der Waals surface area contributed by atoms with Crippen LogP contribution in [-0.2, 0) is 11.2 Å². The van der Waals surface area contributed by atoms with Crippen molar-refractivity contribution in [2.45, 2.75) is 26.7 Å². The Morgan fingerprint density at radius 1 is 0.977 bits per heavy atom. The van der Waals surface area contributed by atoms with E-state index in [1.165, 1.54) is 11.8 Å². The van der Waals surface area contributed by atoms with E-state index in [1.54, 1.807) is 19.1 Å². The number of hydrogen-bond donors (Lipinski definition) is 0. The molecule has 43 heavy (non-hydrogen) atoms. The minimum atomic E-state index is -0.109. The Labute approximate surface area is 262 Å². The maximum absolute atomic E-state index is 13.5. The molecule has 222 valence electrons. The molecule has 0 spiro atoms. The van der Waals surface area contributed by atoms with E-state index in [4.69, 9.17) is 31.5 Å². The zero-order valence-corrected chi connectivity index (χ0v) is 26.4. The van der Waals surface area contributed by atoms with Gasteiger partial charge in [0, 0.05) is 23.9 Å². The first kappa shape index (κ1) is 30.4. The predicted octanol–water partition coefficient (Wildman–Crippen LogP) is 7.43. The van der Waals surface area contributed by atoms with E-state index >= 15 is 0 Å². The van der Waals surface area contributed by atoms with Gasteiger partial charge in [-0.15, -0.1) is 0 Å². The van der Waals surface area contributed by atoms with Crippen molar-refractivity contribution in [3.63, 3.8) is 0 Å². The highest BCUT2D eigenvalue weighted by atomic mass is 32.2. The number of benzene rings is 3. The van der Waals surface area contributed by atoms with Crippen LogP contribution in [0.3, 0.4) is 0 Å². The third kappa shape index (κ3) is 7.29. The van der Waals surface area contributed by atoms with Crippen LogP contribution in [0.15, 0.2) is 83.9 Å². The molecule has 1 fully saturated rings. The Morgan fingerprint density at radius 2 is 1.72 bits per heavy atom. The quantitative estimate of drug-likeness (QED) is 0.122. The number of nitrogens with zero attached hydrogens (tertiary/aromatic N) is 3. The fraction of sp³-hybridized carbons (Fsp3) is 0.265. The Kier molecular flexibility index (Phi) is 9.84. The summed E-state index contributed by atoms with van der Waals surface area (Å²) in [5, 5.41) is 4.92. The van der Waals surface area contributed by atoms with Gasteiger partial charge in [0.15, 0.2) is 11.5 Å². The van der Waals surface area contributed by atoms with E-state index in [9.17, 15) is 4.79 Å². The third-order valence-corrected chi connectivity index (χ3v) is 8.46. The number of para-hydroxylation sites is 1. The van der Waals surface area contributed by atoms with Gasteiger partial charge in [-0.25, -0.2) is 4.68 Å². The molecule has 0 aliphatic carbocycles. The van der Waals surface area contributed by atoms with Gasteiger partial charge >= 0.3 is 0 Å². The summed E-state index contributed by atoms with van der Waals surface area (Å²) >= 11 is 6.95. The van der Waals surface area contributed by atoms with E-state index in [0.29, 0.717) is 46.2 Å². The molecule has 5 rings (SSSR count). The summed E-state index contributed by atoms with van der Waals surface area (Å²) in [5.41, 5.74) is 4.49. The average molecular weight is 614 g/mol. The zero-order chi connectivity index (χ0) is 30.3. The van der Waals surface area contributed by atoms with Crippen molar-refractivity contribution < 1.29 is 19.0 Å². The van der Waals surface area contributed by atoms with Crippen LogP contribution in [0.5, 0.6) is 17.2 Å². The predicted molar refractivity (Wildman–Crippen MR) is 177 cm³/mol. The number of thiocarbonyl (C=S) groups is 1. The smallest absolute Gasteiger partial charge is 0.266 e. The number of methoxy groups -OCH3 is 2. The first-order valence-corrected chi connectivity index (χ1v) is 15.4. The van der Waals surface area contributed by atoms with E-state index in [1.807, 2.05) is 89.8 Å². The average Bonchev–Trinajstić information content (AvgIpc) is 3.56. The van der Waals surface area contributed by atoms with Crippen LogP contribution < -0.4 is 14.2 Å². The highest BCUT2D eigenvalue weighted by Gasteiger charge is 2.32. The molecule has 7 nitrogen and oxygen atoms in total. The minimum Gasteiger partial charge on any atom is -0.494 e. The normalized spacial score (nSPS) is 14.2. The van der Waals surface area contributed by atoms with Crippen LogP contribution in [0.4, 0.5) is 0 Å². The van der Waals surface area contributed by atoms with E-state index in [0.717, 1.165) is 40.2 Å². The maximum Gasteiger partial charge on any atom is 0.266 e.